The SMILES string of the molecule is CCn1cc(CCC(Br)C2CC2)cn1. The van der Waals surface area contributed by atoms with Crippen molar-refractivity contribution < 1.29 is 0 Å². The predicted molar refractivity (Wildman–Crippen MR) is 61.7 cm³/mol. The van der Waals surface area contributed by atoms with Gasteiger partial charge in [-0.2, -0.15) is 5.10 Å². The predicted octanol–water partition coefficient (Wildman–Crippen LogP) is 3.01. The molecule has 1 saturated carbocycles. The Morgan fingerprint density at radius 1 is 1.64 bits per heavy atom. The Hall–Kier alpha value is -0.310. The van der Waals surface area contributed by atoms with Crippen LogP contribution in [0, 0.1) is 5.92 Å². The molecule has 3 heteroatoms. The average molecular weight is 257 g/mol. The number of nitrogens with zero attached hydrogens (tertiary/aromatic N) is 2. The number of hydrogen-bond donors (Lipinski definition) is 0. The molecular formula is C11H17BrN2. The molecule has 1 aromatic heterocycles. The molecule has 0 radical (unpaired) electrons. The molecule has 2 nitrogen and oxygen atoms in total. The van der Waals surface area contributed by atoms with Crippen LogP contribution < -0.4 is 0 Å². The van der Waals surface area contributed by atoms with E-state index >= 15 is 0 Å². The summed E-state index contributed by atoms with van der Waals surface area (Å²) in [5.41, 5.74) is 1.37. The number of aryl methyl sites for hydroxylation is 2. The third-order valence-electron chi connectivity index (χ3n) is 2.85. The fourth-order valence-corrected chi connectivity index (χ4v) is 2.46. The minimum atomic E-state index is 0.729. The van der Waals surface area contributed by atoms with Gasteiger partial charge in [-0.15, -0.1) is 0 Å². The van der Waals surface area contributed by atoms with Gasteiger partial charge in [0.1, 0.15) is 0 Å². The summed E-state index contributed by atoms with van der Waals surface area (Å²) in [4.78, 5) is 0.729. The van der Waals surface area contributed by atoms with Crippen LogP contribution in [-0.2, 0) is 13.0 Å². The molecule has 1 heterocycles. The van der Waals surface area contributed by atoms with Gasteiger partial charge in [0.15, 0.2) is 0 Å². The first-order valence-electron chi connectivity index (χ1n) is 5.45. The summed E-state index contributed by atoms with van der Waals surface area (Å²) in [6.45, 7) is 3.09. The van der Waals surface area contributed by atoms with Crippen molar-refractivity contribution in [1.29, 1.82) is 0 Å². The fourth-order valence-electron chi connectivity index (χ4n) is 1.71. The van der Waals surface area contributed by atoms with E-state index in [9.17, 15) is 0 Å². The molecule has 0 amide bonds. The first kappa shape index (κ1) is 10.2. The summed E-state index contributed by atoms with van der Waals surface area (Å²) in [5, 5.41) is 4.27. The summed E-state index contributed by atoms with van der Waals surface area (Å²) in [5.74, 6) is 0.955. The third kappa shape index (κ3) is 2.59. The minimum absolute atomic E-state index is 0.729. The number of rotatable bonds is 5. The molecule has 1 aliphatic rings. The molecule has 0 N–H and O–H groups in total. The molecule has 1 atom stereocenters. The van der Waals surface area contributed by atoms with Crippen molar-refractivity contribution in [3.8, 4) is 0 Å². The van der Waals surface area contributed by atoms with E-state index in [-0.39, 0.29) is 0 Å². The van der Waals surface area contributed by atoms with Gasteiger partial charge in [0.05, 0.1) is 6.20 Å². The average Bonchev–Trinajstić information content (AvgIpc) is 2.94. The first-order chi connectivity index (χ1) is 6.79. The summed E-state index contributed by atoms with van der Waals surface area (Å²) in [7, 11) is 0. The van der Waals surface area contributed by atoms with Gasteiger partial charge in [-0.1, -0.05) is 15.9 Å². The summed E-state index contributed by atoms with van der Waals surface area (Å²) < 4.78 is 2.00. The largest absolute Gasteiger partial charge is 0.273 e. The van der Waals surface area contributed by atoms with Crippen LogP contribution in [0.3, 0.4) is 0 Å². The van der Waals surface area contributed by atoms with Gasteiger partial charge in [-0.05, 0) is 44.1 Å². The normalized spacial score (nSPS) is 18.4. The molecule has 1 aromatic rings. The molecule has 0 aromatic carbocycles. The molecule has 0 spiro atoms. The molecule has 1 unspecified atom stereocenters. The van der Waals surface area contributed by atoms with E-state index in [0.29, 0.717) is 0 Å². The number of alkyl halides is 1. The molecule has 1 fully saturated rings. The maximum Gasteiger partial charge on any atom is 0.0521 e. The second-order valence-electron chi connectivity index (χ2n) is 4.10. The van der Waals surface area contributed by atoms with E-state index in [2.05, 4.69) is 34.1 Å². The van der Waals surface area contributed by atoms with Crippen LogP contribution in [0.2, 0.25) is 0 Å². The number of halogens is 1. The Morgan fingerprint density at radius 3 is 3.00 bits per heavy atom. The highest BCUT2D eigenvalue weighted by atomic mass is 79.9. The second-order valence-corrected chi connectivity index (χ2v) is 5.27. The first-order valence-corrected chi connectivity index (χ1v) is 6.36. The van der Waals surface area contributed by atoms with Gasteiger partial charge < -0.3 is 0 Å². The lowest BCUT2D eigenvalue weighted by atomic mass is 10.1. The monoisotopic (exact) mass is 256 g/mol. The van der Waals surface area contributed by atoms with Crippen LogP contribution in [-0.4, -0.2) is 14.6 Å². The zero-order valence-electron chi connectivity index (χ0n) is 8.62. The lowest BCUT2D eigenvalue weighted by Crippen LogP contribution is -2.01. The van der Waals surface area contributed by atoms with E-state index in [1.807, 2.05) is 10.9 Å². The Kier molecular flexibility index (Phi) is 3.26. The van der Waals surface area contributed by atoms with Crippen molar-refractivity contribution in [2.45, 2.75) is 44.0 Å². The van der Waals surface area contributed by atoms with E-state index < -0.39 is 0 Å². The molecule has 1 aliphatic carbocycles. The van der Waals surface area contributed by atoms with Crippen LogP contribution in [0.1, 0.15) is 31.7 Å². The van der Waals surface area contributed by atoms with Crippen LogP contribution in [0.5, 0.6) is 0 Å². The lowest BCUT2D eigenvalue weighted by Gasteiger charge is -2.05. The van der Waals surface area contributed by atoms with Crippen LogP contribution in [0.25, 0.3) is 0 Å². The van der Waals surface area contributed by atoms with E-state index in [0.717, 1.165) is 23.7 Å². The Bertz CT molecular complexity index is 291. The van der Waals surface area contributed by atoms with Crippen molar-refractivity contribution in [3.05, 3.63) is 18.0 Å². The zero-order chi connectivity index (χ0) is 9.97. The standard InChI is InChI=1S/C11H17BrN2/c1-2-14-8-9(7-13-14)3-6-11(12)10-4-5-10/h7-8,10-11H,2-6H2,1H3. The topological polar surface area (TPSA) is 17.8 Å². The van der Waals surface area contributed by atoms with E-state index in [1.54, 1.807) is 0 Å². The molecule has 14 heavy (non-hydrogen) atoms. The van der Waals surface area contributed by atoms with Crippen LogP contribution in [0.4, 0.5) is 0 Å². The molecule has 2 rings (SSSR count). The highest BCUT2D eigenvalue weighted by Gasteiger charge is 2.28. The van der Waals surface area contributed by atoms with Crippen molar-refractivity contribution in [2.75, 3.05) is 0 Å². The molecule has 0 aliphatic heterocycles. The number of hydrogen-bond acceptors (Lipinski definition) is 1. The quantitative estimate of drug-likeness (QED) is 0.741. The fraction of sp³-hybridized carbons (Fsp3) is 0.727. The molecular weight excluding hydrogens is 240 g/mol. The van der Waals surface area contributed by atoms with Crippen molar-refractivity contribution in [2.24, 2.45) is 5.92 Å². The van der Waals surface area contributed by atoms with Gasteiger partial charge >= 0.3 is 0 Å². The lowest BCUT2D eigenvalue weighted by molar-refractivity contribution is 0.657. The van der Waals surface area contributed by atoms with Gasteiger partial charge in [0.2, 0.25) is 0 Å². The Balaban J connectivity index is 1.78. The highest BCUT2D eigenvalue weighted by molar-refractivity contribution is 9.09. The van der Waals surface area contributed by atoms with Crippen molar-refractivity contribution >= 4 is 15.9 Å². The molecule has 0 bridgehead atoms. The van der Waals surface area contributed by atoms with Crippen molar-refractivity contribution in [3.63, 3.8) is 0 Å². The summed E-state index contributed by atoms with van der Waals surface area (Å²) in [6, 6.07) is 0. The summed E-state index contributed by atoms with van der Waals surface area (Å²) >= 11 is 3.76. The molecule has 0 saturated heterocycles. The third-order valence-corrected chi connectivity index (χ3v) is 4.06. The highest BCUT2D eigenvalue weighted by Crippen LogP contribution is 2.38. The summed E-state index contributed by atoms with van der Waals surface area (Å²) in [6.07, 6.45) is 9.41. The van der Waals surface area contributed by atoms with Gasteiger partial charge in [0.25, 0.3) is 0 Å². The Labute approximate surface area is 93.8 Å². The minimum Gasteiger partial charge on any atom is -0.273 e. The maximum absolute atomic E-state index is 4.27. The smallest absolute Gasteiger partial charge is 0.0521 e. The molecule has 78 valence electrons. The van der Waals surface area contributed by atoms with Gasteiger partial charge in [-0.3, -0.25) is 4.68 Å². The number of aromatic nitrogens is 2. The maximum atomic E-state index is 4.27. The van der Waals surface area contributed by atoms with Crippen LogP contribution >= 0.6 is 15.9 Å². The van der Waals surface area contributed by atoms with Gasteiger partial charge in [0, 0.05) is 17.6 Å². The zero-order valence-corrected chi connectivity index (χ0v) is 10.2. The van der Waals surface area contributed by atoms with E-state index in [1.165, 1.54) is 24.8 Å². The van der Waals surface area contributed by atoms with Gasteiger partial charge in [-0.25, -0.2) is 0 Å². The Morgan fingerprint density at radius 2 is 2.43 bits per heavy atom. The van der Waals surface area contributed by atoms with Crippen LogP contribution in [0.15, 0.2) is 12.4 Å². The second kappa shape index (κ2) is 4.47. The van der Waals surface area contributed by atoms with Crippen molar-refractivity contribution in [1.82, 2.24) is 9.78 Å². The van der Waals surface area contributed by atoms with E-state index in [4.69, 9.17) is 0 Å².